The molecule has 150 valence electrons. The molecule has 5 nitrogen and oxygen atoms in total. The molecule has 2 N–H and O–H groups in total. The second kappa shape index (κ2) is 10.6. The van der Waals surface area contributed by atoms with Crippen LogP contribution in [-0.4, -0.2) is 54.1 Å². The van der Waals surface area contributed by atoms with E-state index >= 15 is 0 Å². The van der Waals surface area contributed by atoms with Crippen LogP contribution in [0, 0.1) is 6.92 Å². The molecule has 1 aliphatic heterocycles. The fourth-order valence-corrected chi connectivity index (χ4v) is 4.44. The van der Waals surface area contributed by atoms with Crippen molar-refractivity contribution in [2.24, 2.45) is 4.99 Å². The van der Waals surface area contributed by atoms with E-state index in [9.17, 15) is 0 Å². The lowest BCUT2D eigenvalue weighted by Crippen LogP contribution is -2.51. The lowest BCUT2D eigenvalue weighted by molar-refractivity contribution is 0.119. The first-order valence-corrected chi connectivity index (χ1v) is 10.9. The molecule has 2 aliphatic rings. The molecule has 0 atom stereocenters. The summed E-state index contributed by atoms with van der Waals surface area (Å²) in [4.78, 5) is 11.7. The smallest absolute Gasteiger partial charge is 0.191 e. The second-order valence-corrected chi connectivity index (χ2v) is 8.06. The van der Waals surface area contributed by atoms with Gasteiger partial charge in [0.15, 0.2) is 5.96 Å². The predicted octanol–water partition coefficient (Wildman–Crippen LogP) is 3.28. The molecule has 1 aromatic rings. The number of aliphatic imine (C=N–C) groups is 1. The van der Waals surface area contributed by atoms with Crippen LogP contribution in [0.3, 0.4) is 0 Å². The van der Waals surface area contributed by atoms with E-state index in [2.05, 4.69) is 40.4 Å². The monoisotopic (exact) mass is 371 g/mol. The molecule has 0 radical (unpaired) electrons. The molecule has 2 heterocycles. The molecule has 0 spiro atoms. The molecule has 3 rings (SSSR count). The fraction of sp³-hybridized carbons (Fsp3) is 0.727. The first-order valence-electron chi connectivity index (χ1n) is 10.9. The summed E-state index contributed by atoms with van der Waals surface area (Å²) in [6.07, 6.45) is 14.3. The first kappa shape index (κ1) is 20.1. The molecule has 1 saturated carbocycles. The third-order valence-corrected chi connectivity index (χ3v) is 6.09. The molecule has 2 fully saturated rings. The third kappa shape index (κ3) is 6.20. The molecular formula is C22H37N5. The van der Waals surface area contributed by atoms with Gasteiger partial charge in [0.25, 0.3) is 0 Å². The Morgan fingerprint density at radius 3 is 2.67 bits per heavy atom. The Balaban J connectivity index is 1.45. The van der Waals surface area contributed by atoms with E-state index in [4.69, 9.17) is 4.99 Å². The minimum atomic E-state index is 0.547. The van der Waals surface area contributed by atoms with Crippen LogP contribution in [0.1, 0.15) is 63.0 Å². The fourth-order valence-electron chi connectivity index (χ4n) is 4.44. The van der Waals surface area contributed by atoms with Crippen molar-refractivity contribution >= 4 is 5.96 Å². The maximum atomic E-state index is 4.81. The number of rotatable bonds is 6. The Morgan fingerprint density at radius 2 is 1.96 bits per heavy atom. The number of guanidine groups is 1. The van der Waals surface area contributed by atoms with Gasteiger partial charge >= 0.3 is 0 Å². The molecule has 1 aliphatic carbocycles. The van der Waals surface area contributed by atoms with Gasteiger partial charge in [0.1, 0.15) is 0 Å². The van der Waals surface area contributed by atoms with Crippen LogP contribution in [0.15, 0.2) is 23.5 Å². The highest BCUT2D eigenvalue weighted by Crippen LogP contribution is 2.25. The maximum absolute atomic E-state index is 4.81. The first-order chi connectivity index (χ1) is 13.3. The minimum absolute atomic E-state index is 0.547. The minimum Gasteiger partial charge on any atom is -0.357 e. The molecule has 1 saturated heterocycles. The summed E-state index contributed by atoms with van der Waals surface area (Å²) in [5.41, 5.74) is 2.59. The summed E-state index contributed by atoms with van der Waals surface area (Å²) in [6, 6.07) is 3.50. The molecule has 0 bridgehead atoms. The standard InChI is InChI=1S/C22H37N5/c1-3-24-22(25-14-10-19-9-13-23-17-18(19)2)26-20-11-15-27(16-12-20)21-7-5-4-6-8-21/h9,13,17,20-21H,3-8,10-12,14-16H2,1-2H3,(H2,24,25,26). The summed E-state index contributed by atoms with van der Waals surface area (Å²) in [5.74, 6) is 0.973. The number of aromatic nitrogens is 1. The summed E-state index contributed by atoms with van der Waals surface area (Å²) >= 11 is 0. The van der Waals surface area contributed by atoms with Crippen LogP contribution >= 0.6 is 0 Å². The van der Waals surface area contributed by atoms with Gasteiger partial charge < -0.3 is 15.5 Å². The number of likely N-dealkylation sites (tertiary alicyclic amines) is 1. The van der Waals surface area contributed by atoms with Crippen LogP contribution in [0.4, 0.5) is 0 Å². The highest BCUT2D eigenvalue weighted by molar-refractivity contribution is 5.80. The molecule has 0 unspecified atom stereocenters. The van der Waals surface area contributed by atoms with Gasteiger partial charge in [0, 0.05) is 50.7 Å². The highest BCUT2D eigenvalue weighted by atomic mass is 15.2. The van der Waals surface area contributed by atoms with Crippen molar-refractivity contribution in [2.75, 3.05) is 26.2 Å². The van der Waals surface area contributed by atoms with Crippen molar-refractivity contribution in [3.63, 3.8) is 0 Å². The normalized spacial score (nSPS) is 20.6. The van der Waals surface area contributed by atoms with E-state index < -0.39 is 0 Å². The number of nitrogens with zero attached hydrogens (tertiary/aromatic N) is 3. The Morgan fingerprint density at radius 1 is 1.19 bits per heavy atom. The predicted molar refractivity (Wildman–Crippen MR) is 113 cm³/mol. The topological polar surface area (TPSA) is 52.6 Å². The number of aryl methyl sites for hydroxylation is 1. The maximum Gasteiger partial charge on any atom is 0.191 e. The van der Waals surface area contributed by atoms with Crippen LogP contribution in [0.25, 0.3) is 0 Å². The van der Waals surface area contributed by atoms with E-state index in [1.165, 1.54) is 69.2 Å². The number of hydrogen-bond acceptors (Lipinski definition) is 3. The quantitative estimate of drug-likeness (QED) is 0.595. The lowest BCUT2D eigenvalue weighted by atomic mass is 9.92. The van der Waals surface area contributed by atoms with Gasteiger partial charge in [0.2, 0.25) is 0 Å². The summed E-state index contributed by atoms with van der Waals surface area (Å²) < 4.78 is 0. The Labute approximate surface area is 165 Å². The molecular weight excluding hydrogens is 334 g/mol. The zero-order valence-corrected chi connectivity index (χ0v) is 17.2. The van der Waals surface area contributed by atoms with Crippen molar-refractivity contribution < 1.29 is 0 Å². The van der Waals surface area contributed by atoms with Gasteiger partial charge in [-0.1, -0.05) is 19.3 Å². The molecule has 5 heteroatoms. The number of hydrogen-bond donors (Lipinski definition) is 2. The van der Waals surface area contributed by atoms with Crippen LogP contribution < -0.4 is 10.6 Å². The van der Waals surface area contributed by atoms with E-state index in [1.807, 2.05) is 12.4 Å². The van der Waals surface area contributed by atoms with E-state index in [-0.39, 0.29) is 0 Å². The molecule has 0 amide bonds. The SMILES string of the molecule is CCNC(=NCCc1ccncc1C)NC1CCN(C2CCCCC2)CC1. The van der Waals surface area contributed by atoms with Crippen molar-refractivity contribution in [3.05, 3.63) is 29.6 Å². The summed E-state index contributed by atoms with van der Waals surface area (Å²) in [5, 5.41) is 7.10. The number of pyridine rings is 1. The average molecular weight is 372 g/mol. The van der Waals surface area contributed by atoms with Gasteiger partial charge in [-0.3, -0.25) is 9.98 Å². The van der Waals surface area contributed by atoms with Gasteiger partial charge in [-0.2, -0.15) is 0 Å². The Kier molecular flexibility index (Phi) is 7.93. The second-order valence-electron chi connectivity index (χ2n) is 8.06. The summed E-state index contributed by atoms with van der Waals surface area (Å²) in [6.45, 7) is 8.43. The highest BCUT2D eigenvalue weighted by Gasteiger charge is 2.26. The van der Waals surface area contributed by atoms with Crippen molar-refractivity contribution in [2.45, 2.75) is 77.3 Å². The lowest BCUT2D eigenvalue weighted by Gasteiger charge is -2.39. The zero-order chi connectivity index (χ0) is 18.9. The van der Waals surface area contributed by atoms with E-state index in [0.717, 1.165) is 31.5 Å². The third-order valence-electron chi connectivity index (χ3n) is 6.09. The van der Waals surface area contributed by atoms with Gasteiger partial charge in [-0.25, -0.2) is 0 Å². The Bertz CT molecular complexity index is 586. The van der Waals surface area contributed by atoms with Crippen LogP contribution in [0.5, 0.6) is 0 Å². The summed E-state index contributed by atoms with van der Waals surface area (Å²) in [7, 11) is 0. The van der Waals surface area contributed by atoms with Crippen molar-refractivity contribution in [1.82, 2.24) is 20.5 Å². The van der Waals surface area contributed by atoms with Crippen molar-refractivity contribution in [1.29, 1.82) is 0 Å². The van der Waals surface area contributed by atoms with E-state index in [0.29, 0.717) is 6.04 Å². The van der Waals surface area contributed by atoms with E-state index in [1.54, 1.807) is 0 Å². The molecule has 1 aromatic heterocycles. The zero-order valence-electron chi connectivity index (χ0n) is 17.2. The number of nitrogens with one attached hydrogen (secondary N) is 2. The molecule has 27 heavy (non-hydrogen) atoms. The largest absolute Gasteiger partial charge is 0.357 e. The molecule has 0 aromatic carbocycles. The van der Waals surface area contributed by atoms with Crippen LogP contribution in [-0.2, 0) is 6.42 Å². The van der Waals surface area contributed by atoms with Crippen LogP contribution in [0.2, 0.25) is 0 Å². The van der Waals surface area contributed by atoms with Crippen molar-refractivity contribution in [3.8, 4) is 0 Å². The van der Waals surface area contributed by atoms with Gasteiger partial charge in [-0.05, 0) is 63.1 Å². The average Bonchev–Trinajstić information content (AvgIpc) is 2.71. The Hall–Kier alpha value is -1.62. The number of piperidine rings is 1. The van der Waals surface area contributed by atoms with Gasteiger partial charge in [0.05, 0.1) is 0 Å². The van der Waals surface area contributed by atoms with Gasteiger partial charge in [-0.15, -0.1) is 0 Å².